The lowest BCUT2D eigenvalue weighted by Crippen LogP contribution is -2.25. The van der Waals surface area contributed by atoms with E-state index in [1.165, 1.54) is 18.2 Å². The number of halogens is 1. The second kappa shape index (κ2) is 6.68. The lowest BCUT2D eigenvalue weighted by Gasteiger charge is -2.07. The number of hydrogen-bond acceptors (Lipinski definition) is 3. The molecular formula is C11H16FNO3S. The van der Waals surface area contributed by atoms with E-state index in [1.807, 2.05) is 0 Å². The van der Waals surface area contributed by atoms with Crippen molar-refractivity contribution in [1.29, 1.82) is 0 Å². The van der Waals surface area contributed by atoms with E-state index in [2.05, 4.69) is 4.72 Å². The first-order chi connectivity index (χ1) is 8.08. The van der Waals surface area contributed by atoms with Crippen LogP contribution in [0.1, 0.15) is 19.3 Å². The van der Waals surface area contributed by atoms with Crippen LogP contribution in [0, 0.1) is 5.82 Å². The highest BCUT2D eigenvalue weighted by atomic mass is 32.2. The van der Waals surface area contributed by atoms with E-state index >= 15 is 0 Å². The molecule has 0 aliphatic heterocycles. The number of unbranched alkanes of at least 4 members (excludes halogenated alkanes) is 2. The highest BCUT2D eigenvalue weighted by Gasteiger charge is 2.17. The summed E-state index contributed by atoms with van der Waals surface area (Å²) in [6.07, 6.45) is 1.99. The molecule has 0 spiro atoms. The van der Waals surface area contributed by atoms with Crippen LogP contribution in [0.2, 0.25) is 0 Å². The van der Waals surface area contributed by atoms with E-state index in [1.54, 1.807) is 0 Å². The Morgan fingerprint density at radius 3 is 2.53 bits per heavy atom. The Morgan fingerprint density at radius 1 is 1.18 bits per heavy atom. The van der Waals surface area contributed by atoms with Crippen molar-refractivity contribution < 1.29 is 17.9 Å². The molecule has 1 aromatic carbocycles. The molecular weight excluding hydrogens is 245 g/mol. The normalized spacial score (nSPS) is 11.6. The van der Waals surface area contributed by atoms with Crippen molar-refractivity contribution in [2.75, 3.05) is 13.2 Å². The smallest absolute Gasteiger partial charge is 0.243 e. The van der Waals surface area contributed by atoms with Gasteiger partial charge in [-0.25, -0.2) is 17.5 Å². The van der Waals surface area contributed by atoms with Crippen molar-refractivity contribution in [2.45, 2.75) is 24.2 Å². The lowest BCUT2D eigenvalue weighted by molar-refractivity contribution is 0.283. The molecule has 0 radical (unpaired) electrons. The summed E-state index contributed by atoms with van der Waals surface area (Å²) in [6, 6.07) is 5.25. The molecule has 1 rings (SSSR count). The second-order valence-corrected chi connectivity index (χ2v) is 5.35. The van der Waals surface area contributed by atoms with Gasteiger partial charge < -0.3 is 5.11 Å². The van der Waals surface area contributed by atoms with Gasteiger partial charge in [0.2, 0.25) is 10.0 Å². The highest BCUT2D eigenvalue weighted by Crippen LogP contribution is 2.12. The van der Waals surface area contributed by atoms with Gasteiger partial charge in [0.15, 0.2) is 0 Å². The van der Waals surface area contributed by atoms with Crippen molar-refractivity contribution >= 4 is 10.0 Å². The van der Waals surface area contributed by atoms with E-state index in [4.69, 9.17) is 5.11 Å². The van der Waals surface area contributed by atoms with Crippen molar-refractivity contribution in [2.24, 2.45) is 0 Å². The zero-order valence-corrected chi connectivity index (χ0v) is 10.2. The van der Waals surface area contributed by atoms with Gasteiger partial charge in [-0.1, -0.05) is 12.1 Å². The number of rotatable bonds is 7. The maximum atomic E-state index is 13.3. The lowest BCUT2D eigenvalue weighted by atomic mass is 10.2. The SMILES string of the molecule is O=S(=O)(NCCCCCO)c1ccccc1F. The minimum Gasteiger partial charge on any atom is -0.396 e. The standard InChI is InChI=1S/C11H16FNO3S/c12-10-6-2-3-7-11(10)17(15,16)13-8-4-1-5-9-14/h2-3,6-7,13-14H,1,4-5,8-9H2. The zero-order chi connectivity index (χ0) is 12.7. The van der Waals surface area contributed by atoms with Gasteiger partial charge in [-0.2, -0.15) is 0 Å². The van der Waals surface area contributed by atoms with Gasteiger partial charge in [0.1, 0.15) is 10.7 Å². The summed E-state index contributed by atoms with van der Waals surface area (Å²) in [5.41, 5.74) is 0. The van der Waals surface area contributed by atoms with Crippen molar-refractivity contribution in [3.8, 4) is 0 Å². The van der Waals surface area contributed by atoms with E-state index in [9.17, 15) is 12.8 Å². The van der Waals surface area contributed by atoms with Gasteiger partial charge in [0, 0.05) is 13.2 Å². The Morgan fingerprint density at radius 2 is 1.88 bits per heavy atom. The van der Waals surface area contributed by atoms with Crippen LogP contribution in [0.15, 0.2) is 29.2 Å². The average Bonchev–Trinajstić information content (AvgIpc) is 2.29. The molecule has 0 aromatic heterocycles. The summed E-state index contributed by atoms with van der Waals surface area (Å²) in [5, 5.41) is 8.55. The molecule has 0 atom stereocenters. The highest BCUT2D eigenvalue weighted by molar-refractivity contribution is 7.89. The van der Waals surface area contributed by atoms with Crippen LogP contribution >= 0.6 is 0 Å². The molecule has 0 saturated carbocycles. The molecule has 0 aliphatic carbocycles. The molecule has 17 heavy (non-hydrogen) atoms. The fourth-order valence-electron chi connectivity index (χ4n) is 1.36. The van der Waals surface area contributed by atoms with E-state index in [0.717, 1.165) is 12.5 Å². The fraction of sp³-hybridized carbons (Fsp3) is 0.455. The number of sulfonamides is 1. The Kier molecular flexibility index (Phi) is 5.54. The average molecular weight is 261 g/mol. The van der Waals surface area contributed by atoms with E-state index in [0.29, 0.717) is 12.8 Å². The minimum atomic E-state index is -3.77. The van der Waals surface area contributed by atoms with Crippen LogP contribution in [0.5, 0.6) is 0 Å². The number of benzene rings is 1. The maximum absolute atomic E-state index is 13.3. The van der Waals surface area contributed by atoms with Crippen molar-refractivity contribution in [1.82, 2.24) is 4.72 Å². The molecule has 0 heterocycles. The van der Waals surface area contributed by atoms with Crippen LogP contribution in [0.25, 0.3) is 0 Å². The third kappa shape index (κ3) is 4.41. The molecule has 96 valence electrons. The molecule has 4 nitrogen and oxygen atoms in total. The first kappa shape index (κ1) is 14.1. The number of hydrogen-bond donors (Lipinski definition) is 2. The molecule has 0 aliphatic rings. The molecule has 0 saturated heterocycles. The Balaban J connectivity index is 2.55. The number of aliphatic hydroxyl groups is 1. The van der Waals surface area contributed by atoms with Crippen LogP contribution < -0.4 is 4.72 Å². The summed E-state index contributed by atoms with van der Waals surface area (Å²) in [7, 11) is -3.77. The Labute approximate surface area is 101 Å². The van der Waals surface area contributed by atoms with Crippen molar-refractivity contribution in [3.63, 3.8) is 0 Å². The van der Waals surface area contributed by atoms with Crippen LogP contribution in [0.3, 0.4) is 0 Å². The fourth-order valence-corrected chi connectivity index (χ4v) is 2.51. The van der Waals surface area contributed by atoms with Gasteiger partial charge >= 0.3 is 0 Å². The second-order valence-electron chi connectivity index (χ2n) is 3.61. The monoisotopic (exact) mass is 261 g/mol. The predicted octanol–water partition coefficient (Wildman–Crippen LogP) is 1.27. The third-order valence-electron chi connectivity index (χ3n) is 2.25. The molecule has 0 fully saturated rings. The molecule has 1 aromatic rings. The van der Waals surface area contributed by atoms with E-state index in [-0.39, 0.29) is 18.0 Å². The molecule has 0 unspecified atom stereocenters. The molecule has 0 bridgehead atoms. The quantitative estimate of drug-likeness (QED) is 0.726. The van der Waals surface area contributed by atoms with Crippen LogP contribution in [-0.4, -0.2) is 26.7 Å². The third-order valence-corrected chi connectivity index (χ3v) is 3.75. The van der Waals surface area contributed by atoms with Crippen LogP contribution in [-0.2, 0) is 10.0 Å². The van der Waals surface area contributed by atoms with Gasteiger partial charge in [0.05, 0.1) is 0 Å². The van der Waals surface area contributed by atoms with E-state index < -0.39 is 15.8 Å². The molecule has 0 amide bonds. The molecule has 6 heteroatoms. The summed E-state index contributed by atoms with van der Waals surface area (Å²) < 4.78 is 39.0. The zero-order valence-electron chi connectivity index (χ0n) is 9.39. The van der Waals surface area contributed by atoms with Crippen molar-refractivity contribution in [3.05, 3.63) is 30.1 Å². The summed E-state index contributed by atoms with van der Waals surface area (Å²) in [4.78, 5) is -0.331. The largest absolute Gasteiger partial charge is 0.396 e. The maximum Gasteiger partial charge on any atom is 0.243 e. The summed E-state index contributed by atoms with van der Waals surface area (Å²) in [6.45, 7) is 0.344. The Hall–Kier alpha value is -0.980. The first-order valence-corrected chi connectivity index (χ1v) is 6.91. The summed E-state index contributed by atoms with van der Waals surface area (Å²) in [5.74, 6) is -0.754. The van der Waals surface area contributed by atoms with Gasteiger partial charge in [-0.15, -0.1) is 0 Å². The topological polar surface area (TPSA) is 66.4 Å². The molecule has 2 N–H and O–H groups in total. The van der Waals surface area contributed by atoms with Gasteiger partial charge in [-0.3, -0.25) is 0 Å². The first-order valence-electron chi connectivity index (χ1n) is 5.43. The number of nitrogens with one attached hydrogen (secondary N) is 1. The predicted molar refractivity (Wildman–Crippen MR) is 62.5 cm³/mol. The Bertz CT molecular complexity index is 448. The van der Waals surface area contributed by atoms with Gasteiger partial charge in [-0.05, 0) is 31.4 Å². The van der Waals surface area contributed by atoms with Gasteiger partial charge in [0.25, 0.3) is 0 Å². The summed E-state index contributed by atoms with van der Waals surface area (Å²) >= 11 is 0. The number of aliphatic hydroxyl groups excluding tert-OH is 1. The van der Waals surface area contributed by atoms with Crippen LogP contribution in [0.4, 0.5) is 4.39 Å². The minimum absolute atomic E-state index is 0.0973.